The van der Waals surface area contributed by atoms with Crippen LogP contribution in [0.3, 0.4) is 0 Å². The zero-order valence-electron chi connectivity index (χ0n) is 14.2. The summed E-state index contributed by atoms with van der Waals surface area (Å²) in [5.74, 6) is 0.489. The lowest BCUT2D eigenvalue weighted by atomic mass is 9.88. The average Bonchev–Trinajstić information content (AvgIpc) is 2.58. The van der Waals surface area contributed by atoms with E-state index in [-0.39, 0.29) is 23.6 Å². The van der Waals surface area contributed by atoms with Crippen LogP contribution in [0.25, 0.3) is 15.9 Å². The highest BCUT2D eigenvalue weighted by Crippen LogP contribution is 2.33. The summed E-state index contributed by atoms with van der Waals surface area (Å²) in [5, 5.41) is 10.3. The van der Waals surface area contributed by atoms with Crippen LogP contribution in [-0.4, -0.2) is 33.3 Å². The molecular weight excluding hydrogens is 304 g/mol. The molecule has 0 spiro atoms. The van der Waals surface area contributed by atoms with Crippen LogP contribution in [0.15, 0.2) is 23.0 Å². The van der Waals surface area contributed by atoms with Crippen molar-refractivity contribution in [3.63, 3.8) is 0 Å². The molecule has 0 amide bonds. The Balaban J connectivity index is 2.20. The Hall–Kier alpha value is -2.39. The predicted molar refractivity (Wildman–Crippen MR) is 94.5 cm³/mol. The van der Waals surface area contributed by atoms with E-state index in [2.05, 4.69) is 28.6 Å². The summed E-state index contributed by atoms with van der Waals surface area (Å²) in [6.07, 6.45) is 1.23. The first-order valence-corrected chi connectivity index (χ1v) is 8.29. The fourth-order valence-electron chi connectivity index (χ4n) is 3.54. The molecular formula is C18H22N4O2. The van der Waals surface area contributed by atoms with E-state index < -0.39 is 0 Å². The summed E-state index contributed by atoms with van der Waals surface area (Å²) in [6.45, 7) is 12.0. The summed E-state index contributed by atoms with van der Waals surface area (Å²) in [4.78, 5) is 22.4. The molecule has 1 aliphatic heterocycles. The Labute approximate surface area is 141 Å². The number of hydrogen-bond acceptors (Lipinski definition) is 4. The molecule has 0 saturated carbocycles. The van der Waals surface area contributed by atoms with Crippen molar-refractivity contribution in [1.82, 2.24) is 9.55 Å². The Morgan fingerprint density at radius 3 is 2.88 bits per heavy atom. The Kier molecular flexibility index (Phi) is 4.29. The molecule has 0 radical (unpaired) electrons. The highest BCUT2D eigenvalue weighted by molar-refractivity contribution is 5.89. The molecule has 0 aliphatic carbocycles. The predicted octanol–water partition coefficient (Wildman–Crippen LogP) is 2.47. The SMILES string of the molecule is [C-]#[N+]c1ccc2c(n1)c(N1C[C@@H](CC)[C@H](O)C[C@H]1C)cc(=O)n2C. The van der Waals surface area contributed by atoms with Gasteiger partial charge in [-0.2, -0.15) is 0 Å². The fourth-order valence-corrected chi connectivity index (χ4v) is 3.54. The molecule has 6 nitrogen and oxygen atoms in total. The maximum absolute atomic E-state index is 12.4. The van der Waals surface area contributed by atoms with E-state index in [0.29, 0.717) is 24.3 Å². The summed E-state index contributed by atoms with van der Waals surface area (Å²) < 4.78 is 1.56. The Morgan fingerprint density at radius 2 is 2.21 bits per heavy atom. The molecule has 1 fully saturated rings. The van der Waals surface area contributed by atoms with E-state index in [1.54, 1.807) is 29.8 Å². The van der Waals surface area contributed by atoms with Crippen molar-refractivity contribution >= 4 is 22.5 Å². The first kappa shape index (κ1) is 16.5. The molecule has 3 heterocycles. The molecule has 3 rings (SSSR count). The second-order valence-electron chi connectivity index (χ2n) is 6.55. The van der Waals surface area contributed by atoms with Crippen LogP contribution in [0.1, 0.15) is 26.7 Å². The van der Waals surface area contributed by atoms with Gasteiger partial charge in [-0.1, -0.05) is 13.5 Å². The number of anilines is 1. The van der Waals surface area contributed by atoms with Gasteiger partial charge < -0.3 is 19.4 Å². The third-order valence-corrected chi connectivity index (χ3v) is 5.09. The van der Waals surface area contributed by atoms with Crippen LogP contribution in [0, 0.1) is 12.5 Å². The number of aryl methyl sites for hydroxylation is 1. The number of nitrogens with zero attached hydrogens (tertiary/aromatic N) is 4. The van der Waals surface area contributed by atoms with Crippen LogP contribution in [0.5, 0.6) is 0 Å². The zero-order chi connectivity index (χ0) is 17.4. The number of aliphatic hydroxyl groups is 1. The molecule has 1 N–H and O–H groups in total. The standard InChI is InChI=1S/C18H22N4O2/c1-5-12-10-22(11(2)8-15(12)23)14-9-17(24)21(4)13-6-7-16(19-3)20-18(13)14/h6-7,9,11-12,15,23H,5,8,10H2,1-2,4H3/t11-,12-,15-/m1/s1. The molecule has 0 aromatic carbocycles. The van der Waals surface area contributed by atoms with E-state index in [1.165, 1.54) is 0 Å². The van der Waals surface area contributed by atoms with Gasteiger partial charge in [0.05, 0.1) is 17.3 Å². The van der Waals surface area contributed by atoms with Gasteiger partial charge in [-0.3, -0.25) is 4.79 Å². The summed E-state index contributed by atoms with van der Waals surface area (Å²) in [6, 6.07) is 5.12. The quantitative estimate of drug-likeness (QED) is 0.861. The van der Waals surface area contributed by atoms with E-state index in [4.69, 9.17) is 6.57 Å². The normalized spacial score (nSPS) is 24.1. The number of aromatic nitrogens is 2. The van der Waals surface area contributed by atoms with Gasteiger partial charge in [0, 0.05) is 31.6 Å². The van der Waals surface area contributed by atoms with Crippen molar-refractivity contribution in [2.75, 3.05) is 11.4 Å². The number of piperidine rings is 1. The van der Waals surface area contributed by atoms with Crippen LogP contribution in [-0.2, 0) is 7.05 Å². The molecule has 24 heavy (non-hydrogen) atoms. The number of rotatable bonds is 2. The van der Waals surface area contributed by atoms with Gasteiger partial charge in [0.1, 0.15) is 0 Å². The van der Waals surface area contributed by atoms with Gasteiger partial charge in [0.2, 0.25) is 5.52 Å². The molecule has 2 aromatic rings. The van der Waals surface area contributed by atoms with Crippen LogP contribution < -0.4 is 10.5 Å². The van der Waals surface area contributed by atoms with Crippen LogP contribution in [0.2, 0.25) is 0 Å². The molecule has 0 bridgehead atoms. The van der Waals surface area contributed by atoms with Crippen molar-refractivity contribution in [3.05, 3.63) is 40.0 Å². The van der Waals surface area contributed by atoms with Crippen molar-refractivity contribution < 1.29 is 5.11 Å². The van der Waals surface area contributed by atoms with E-state index >= 15 is 0 Å². The lowest BCUT2D eigenvalue weighted by molar-refractivity contribution is 0.0734. The van der Waals surface area contributed by atoms with Gasteiger partial charge in [-0.25, -0.2) is 0 Å². The fraction of sp³-hybridized carbons (Fsp3) is 0.500. The topological polar surface area (TPSA) is 62.7 Å². The van der Waals surface area contributed by atoms with Crippen LogP contribution >= 0.6 is 0 Å². The summed E-state index contributed by atoms with van der Waals surface area (Å²) in [7, 11) is 1.71. The number of hydrogen-bond donors (Lipinski definition) is 1. The third kappa shape index (κ3) is 2.65. The van der Waals surface area contributed by atoms with E-state index in [1.807, 2.05) is 0 Å². The number of aliphatic hydroxyl groups excluding tert-OH is 1. The second-order valence-corrected chi connectivity index (χ2v) is 6.55. The minimum Gasteiger partial charge on any atom is -0.393 e. The van der Waals surface area contributed by atoms with Crippen molar-refractivity contribution in [2.24, 2.45) is 13.0 Å². The van der Waals surface area contributed by atoms with Gasteiger partial charge in [0.15, 0.2) is 0 Å². The molecule has 3 atom stereocenters. The van der Waals surface area contributed by atoms with Gasteiger partial charge in [-0.05, 0) is 31.9 Å². The smallest absolute Gasteiger partial charge is 0.270 e. The lowest BCUT2D eigenvalue weighted by Gasteiger charge is -2.42. The Bertz CT molecular complexity index is 868. The number of pyridine rings is 2. The van der Waals surface area contributed by atoms with Gasteiger partial charge in [0.25, 0.3) is 11.4 Å². The number of fused-ring (bicyclic) bond motifs is 1. The molecule has 1 saturated heterocycles. The van der Waals surface area contributed by atoms with E-state index in [0.717, 1.165) is 17.6 Å². The molecule has 0 unspecified atom stereocenters. The highest BCUT2D eigenvalue weighted by atomic mass is 16.3. The highest BCUT2D eigenvalue weighted by Gasteiger charge is 2.33. The summed E-state index contributed by atoms with van der Waals surface area (Å²) >= 11 is 0. The lowest BCUT2D eigenvalue weighted by Crippen LogP contribution is -2.48. The van der Waals surface area contributed by atoms with Crippen molar-refractivity contribution in [1.29, 1.82) is 0 Å². The third-order valence-electron chi connectivity index (χ3n) is 5.09. The first-order chi connectivity index (χ1) is 11.5. The van der Waals surface area contributed by atoms with Crippen molar-refractivity contribution in [2.45, 2.75) is 38.8 Å². The molecule has 2 aromatic heterocycles. The van der Waals surface area contributed by atoms with Crippen molar-refractivity contribution in [3.8, 4) is 0 Å². The molecule has 6 heteroatoms. The van der Waals surface area contributed by atoms with Gasteiger partial charge >= 0.3 is 0 Å². The maximum Gasteiger partial charge on any atom is 0.270 e. The second kappa shape index (κ2) is 6.25. The maximum atomic E-state index is 12.4. The Morgan fingerprint density at radius 1 is 1.46 bits per heavy atom. The van der Waals surface area contributed by atoms with Crippen LogP contribution in [0.4, 0.5) is 11.5 Å². The molecule has 1 aliphatic rings. The minimum absolute atomic E-state index is 0.0961. The molecule has 126 valence electrons. The zero-order valence-corrected chi connectivity index (χ0v) is 14.2. The van der Waals surface area contributed by atoms with Gasteiger partial charge in [-0.15, -0.1) is 4.98 Å². The van der Waals surface area contributed by atoms with E-state index in [9.17, 15) is 9.90 Å². The first-order valence-electron chi connectivity index (χ1n) is 8.29. The minimum atomic E-state index is -0.314. The largest absolute Gasteiger partial charge is 0.393 e. The average molecular weight is 326 g/mol. The monoisotopic (exact) mass is 326 g/mol. The summed E-state index contributed by atoms with van der Waals surface area (Å²) in [5.41, 5.74) is 2.05.